The zero-order chi connectivity index (χ0) is 13.7. The van der Waals surface area contributed by atoms with Crippen LogP contribution in [0.5, 0.6) is 5.75 Å². The number of hydrogen-bond donors (Lipinski definition) is 2. The van der Waals surface area contributed by atoms with Crippen molar-refractivity contribution in [2.45, 2.75) is 13.8 Å². The van der Waals surface area contributed by atoms with E-state index in [2.05, 4.69) is 5.32 Å². The predicted molar refractivity (Wildman–Crippen MR) is 67.6 cm³/mol. The van der Waals surface area contributed by atoms with Gasteiger partial charge in [-0.15, -0.1) is 0 Å². The van der Waals surface area contributed by atoms with Gasteiger partial charge in [0.1, 0.15) is 11.7 Å². The highest BCUT2D eigenvalue weighted by atomic mass is 16.5. The highest BCUT2D eigenvalue weighted by molar-refractivity contribution is 6.05. The first-order chi connectivity index (χ1) is 8.47. The molecule has 98 valence electrons. The fourth-order valence-electron chi connectivity index (χ4n) is 1.66. The van der Waals surface area contributed by atoms with Crippen LogP contribution in [0.4, 0.5) is 5.69 Å². The van der Waals surface area contributed by atoms with Gasteiger partial charge < -0.3 is 15.2 Å². The summed E-state index contributed by atoms with van der Waals surface area (Å²) in [5.74, 6) is -2.52. The molecule has 0 spiro atoms. The number of carbonyl (C=O) groups excluding carboxylic acids is 1. The van der Waals surface area contributed by atoms with E-state index in [1.807, 2.05) is 0 Å². The van der Waals surface area contributed by atoms with Crippen molar-refractivity contribution in [2.24, 2.45) is 11.8 Å². The third-order valence-corrected chi connectivity index (χ3v) is 2.58. The number of carbonyl (C=O) groups is 2. The van der Waals surface area contributed by atoms with Crippen molar-refractivity contribution in [2.75, 3.05) is 12.4 Å². The van der Waals surface area contributed by atoms with Crippen LogP contribution < -0.4 is 10.1 Å². The molecule has 18 heavy (non-hydrogen) atoms. The maximum atomic E-state index is 11.9. The molecule has 0 fully saturated rings. The fraction of sp³-hybridized carbons (Fsp3) is 0.385. The van der Waals surface area contributed by atoms with Gasteiger partial charge in [-0.05, 0) is 18.1 Å². The summed E-state index contributed by atoms with van der Waals surface area (Å²) in [5.41, 5.74) is 0.469. The molecule has 0 aliphatic carbocycles. The Morgan fingerprint density at radius 2 is 1.89 bits per heavy atom. The normalized spacial score (nSPS) is 12.0. The molecular formula is C13H17NO4. The first-order valence-corrected chi connectivity index (χ1v) is 5.64. The van der Waals surface area contributed by atoms with Crippen LogP contribution in [-0.4, -0.2) is 24.1 Å². The van der Waals surface area contributed by atoms with Crippen molar-refractivity contribution < 1.29 is 19.4 Å². The molecule has 0 saturated heterocycles. The molecule has 0 aliphatic heterocycles. The number of aliphatic carboxylic acids is 1. The van der Waals surface area contributed by atoms with E-state index in [4.69, 9.17) is 9.84 Å². The lowest BCUT2D eigenvalue weighted by Crippen LogP contribution is -2.33. The van der Waals surface area contributed by atoms with E-state index < -0.39 is 17.8 Å². The zero-order valence-electron chi connectivity index (χ0n) is 10.6. The van der Waals surface area contributed by atoms with E-state index in [1.54, 1.807) is 38.1 Å². The minimum Gasteiger partial charge on any atom is -0.495 e. The zero-order valence-corrected chi connectivity index (χ0v) is 10.6. The van der Waals surface area contributed by atoms with Crippen molar-refractivity contribution in [1.29, 1.82) is 0 Å². The van der Waals surface area contributed by atoms with Crippen LogP contribution in [0, 0.1) is 11.8 Å². The number of rotatable bonds is 5. The monoisotopic (exact) mass is 251 g/mol. The minimum atomic E-state index is -1.13. The number of carboxylic acid groups (broad SMARTS) is 1. The summed E-state index contributed by atoms with van der Waals surface area (Å²) in [6, 6.07) is 6.87. The van der Waals surface area contributed by atoms with Gasteiger partial charge in [-0.3, -0.25) is 9.59 Å². The van der Waals surface area contributed by atoms with Gasteiger partial charge in [0.05, 0.1) is 12.8 Å². The summed E-state index contributed by atoms with van der Waals surface area (Å²) in [7, 11) is 1.49. The van der Waals surface area contributed by atoms with Crippen LogP contribution in [0.1, 0.15) is 13.8 Å². The molecule has 1 atom stereocenters. The first-order valence-electron chi connectivity index (χ1n) is 5.64. The fourth-order valence-corrected chi connectivity index (χ4v) is 1.66. The van der Waals surface area contributed by atoms with E-state index >= 15 is 0 Å². The van der Waals surface area contributed by atoms with Crippen molar-refractivity contribution in [3.8, 4) is 5.75 Å². The number of benzene rings is 1. The molecular weight excluding hydrogens is 234 g/mol. The molecule has 1 aromatic carbocycles. The molecule has 0 aromatic heterocycles. The molecule has 0 aliphatic rings. The van der Waals surface area contributed by atoms with E-state index in [0.717, 1.165) is 0 Å². The summed E-state index contributed by atoms with van der Waals surface area (Å²) in [6.07, 6.45) is 0. The lowest BCUT2D eigenvalue weighted by molar-refractivity contribution is -0.147. The van der Waals surface area contributed by atoms with Gasteiger partial charge in [-0.2, -0.15) is 0 Å². The maximum Gasteiger partial charge on any atom is 0.316 e. The number of carboxylic acids is 1. The van der Waals surface area contributed by atoms with Gasteiger partial charge in [0.15, 0.2) is 0 Å². The second-order valence-corrected chi connectivity index (χ2v) is 4.25. The molecule has 1 aromatic rings. The Bertz CT molecular complexity index is 442. The largest absolute Gasteiger partial charge is 0.495 e. The molecule has 0 saturated carbocycles. The van der Waals surface area contributed by atoms with Crippen LogP contribution in [0.25, 0.3) is 0 Å². The van der Waals surface area contributed by atoms with Crippen molar-refractivity contribution in [3.05, 3.63) is 24.3 Å². The minimum absolute atomic E-state index is 0.280. The number of amides is 1. The maximum absolute atomic E-state index is 11.9. The Morgan fingerprint density at radius 1 is 1.28 bits per heavy atom. The summed E-state index contributed by atoms with van der Waals surface area (Å²) >= 11 is 0. The Hall–Kier alpha value is -2.04. The number of hydrogen-bond acceptors (Lipinski definition) is 3. The molecule has 1 unspecified atom stereocenters. The average Bonchev–Trinajstić information content (AvgIpc) is 2.28. The van der Waals surface area contributed by atoms with Gasteiger partial charge in [-0.1, -0.05) is 26.0 Å². The smallest absolute Gasteiger partial charge is 0.316 e. The summed E-state index contributed by atoms with van der Waals surface area (Å²) in [5, 5.41) is 11.6. The van der Waals surface area contributed by atoms with E-state index in [9.17, 15) is 9.59 Å². The number of ether oxygens (including phenoxy) is 1. The van der Waals surface area contributed by atoms with Gasteiger partial charge in [-0.25, -0.2) is 0 Å². The topological polar surface area (TPSA) is 75.6 Å². The standard InChI is InChI=1S/C13H17NO4/c1-8(2)11(13(16)17)12(15)14-9-6-4-5-7-10(9)18-3/h4-8,11H,1-3H3,(H,14,15)(H,16,17). The molecule has 0 bridgehead atoms. The van der Waals surface area contributed by atoms with Crippen LogP contribution in [0.15, 0.2) is 24.3 Å². The highest BCUT2D eigenvalue weighted by Crippen LogP contribution is 2.24. The number of anilines is 1. The Balaban J connectivity index is 2.89. The quantitative estimate of drug-likeness (QED) is 0.785. The van der Waals surface area contributed by atoms with Crippen molar-refractivity contribution in [1.82, 2.24) is 0 Å². The van der Waals surface area contributed by atoms with Gasteiger partial charge >= 0.3 is 5.97 Å². The predicted octanol–water partition coefficient (Wildman–Crippen LogP) is 1.99. The molecule has 1 rings (SSSR count). The second kappa shape index (κ2) is 6.05. The first kappa shape index (κ1) is 14.0. The lowest BCUT2D eigenvalue weighted by Gasteiger charge is -2.17. The van der Waals surface area contributed by atoms with Gasteiger partial charge in [0, 0.05) is 0 Å². The van der Waals surface area contributed by atoms with E-state index in [1.165, 1.54) is 7.11 Å². The van der Waals surface area contributed by atoms with Gasteiger partial charge in [0.25, 0.3) is 0 Å². The Kier molecular flexibility index (Phi) is 4.71. The molecule has 0 heterocycles. The molecule has 1 amide bonds. The van der Waals surface area contributed by atoms with Crippen LogP contribution >= 0.6 is 0 Å². The van der Waals surface area contributed by atoms with E-state index in [-0.39, 0.29) is 5.92 Å². The number of para-hydroxylation sites is 2. The number of methoxy groups -OCH3 is 1. The molecule has 2 N–H and O–H groups in total. The Morgan fingerprint density at radius 3 is 2.39 bits per heavy atom. The highest BCUT2D eigenvalue weighted by Gasteiger charge is 2.29. The van der Waals surface area contributed by atoms with Crippen LogP contribution in [-0.2, 0) is 9.59 Å². The summed E-state index contributed by atoms with van der Waals surface area (Å²) < 4.78 is 5.08. The Labute approximate surface area is 106 Å². The molecule has 5 heteroatoms. The van der Waals surface area contributed by atoms with Crippen LogP contribution in [0.3, 0.4) is 0 Å². The SMILES string of the molecule is COc1ccccc1NC(=O)C(C(=O)O)C(C)C. The van der Waals surface area contributed by atoms with Gasteiger partial charge in [0.2, 0.25) is 5.91 Å². The summed E-state index contributed by atoms with van der Waals surface area (Å²) in [6.45, 7) is 3.39. The lowest BCUT2D eigenvalue weighted by atomic mass is 9.95. The average molecular weight is 251 g/mol. The van der Waals surface area contributed by atoms with Crippen molar-refractivity contribution >= 4 is 17.6 Å². The second-order valence-electron chi connectivity index (χ2n) is 4.25. The van der Waals surface area contributed by atoms with Crippen LogP contribution in [0.2, 0.25) is 0 Å². The third-order valence-electron chi connectivity index (χ3n) is 2.58. The molecule has 0 radical (unpaired) electrons. The molecule has 5 nitrogen and oxygen atoms in total. The number of nitrogens with one attached hydrogen (secondary N) is 1. The third kappa shape index (κ3) is 3.23. The summed E-state index contributed by atoms with van der Waals surface area (Å²) in [4.78, 5) is 23.0. The van der Waals surface area contributed by atoms with Crippen molar-refractivity contribution in [3.63, 3.8) is 0 Å². The van der Waals surface area contributed by atoms with E-state index in [0.29, 0.717) is 11.4 Å².